The van der Waals surface area contributed by atoms with E-state index in [1.807, 2.05) is 31.2 Å². The third-order valence-corrected chi connectivity index (χ3v) is 4.39. The molecule has 0 spiro atoms. The molecule has 29 heavy (non-hydrogen) atoms. The highest BCUT2D eigenvalue weighted by atomic mass is 32.1. The lowest BCUT2D eigenvalue weighted by molar-refractivity contribution is -0.119. The van der Waals surface area contributed by atoms with Crippen LogP contribution in [0.3, 0.4) is 0 Å². The van der Waals surface area contributed by atoms with E-state index in [4.69, 9.17) is 17.0 Å². The van der Waals surface area contributed by atoms with Crippen LogP contribution < -0.4 is 10.6 Å². The number of methoxy groups -OCH3 is 1. The Kier molecular flexibility index (Phi) is 6.53. The Hall–Kier alpha value is -3.30. The molecule has 0 bridgehead atoms. The van der Waals surface area contributed by atoms with Gasteiger partial charge in [0, 0.05) is 24.0 Å². The van der Waals surface area contributed by atoms with Gasteiger partial charge in [0.2, 0.25) is 11.8 Å². The van der Waals surface area contributed by atoms with E-state index in [0.717, 1.165) is 11.1 Å². The first-order valence-corrected chi connectivity index (χ1v) is 9.28. The van der Waals surface area contributed by atoms with Gasteiger partial charge in [-0.05, 0) is 37.3 Å². The lowest BCUT2D eigenvalue weighted by atomic mass is 10.1. The summed E-state index contributed by atoms with van der Waals surface area (Å²) >= 11 is 5.28. The molecule has 0 saturated carbocycles. The Labute approximate surface area is 172 Å². The molecule has 3 aromatic rings. The van der Waals surface area contributed by atoms with Crippen molar-refractivity contribution < 1.29 is 14.3 Å². The molecule has 0 unspecified atom stereocenters. The molecule has 2 aromatic carbocycles. The summed E-state index contributed by atoms with van der Waals surface area (Å²) in [4.78, 5) is 24.2. The second kappa shape index (κ2) is 9.26. The molecule has 8 nitrogen and oxygen atoms in total. The predicted molar refractivity (Wildman–Crippen MR) is 113 cm³/mol. The molecular weight excluding hydrogens is 390 g/mol. The SMILES string of the molecule is COCC(=O)Nc1cccc(NC(=O)Cn2c(-c3ccc(C)cc3)n[nH]c2=S)c1. The van der Waals surface area contributed by atoms with E-state index in [1.54, 1.807) is 28.8 Å². The van der Waals surface area contributed by atoms with Crippen LogP contribution in [0.4, 0.5) is 11.4 Å². The van der Waals surface area contributed by atoms with Crippen molar-refractivity contribution >= 4 is 35.4 Å². The maximum Gasteiger partial charge on any atom is 0.250 e. The van der Waals surface area contributed by atoms with Crippen LogP contribution in [0.15, 0.2) is 48.5 Å². The minimum Gasteiger partial charge on any atom is -0.375 e. The largest absolute Gasteiger partial charge is 0.375 e. The number of amides is 2. The van der Waals surface area contributed by atoms with Gasteiger partial charge in [-0.1, -0.05) is 35.9 Å². The summed E-state index contributed by atoms with van der Waals surface area (Å²) in [5, 5.41) is 12.5. The summed E-state index contributed by atoms with van der Waals surface area (Å²) < 4.78 is 6.79. The highest BCUT2D eigenvalue weighted by Gasteiger charge is 2.13. The lowest BCUT2D eigenvalue weighted by Crippen LogP contribution is -2.20. The second-order valence-electron chi connectivity index (χ2n) is 6.41. The monoisotopic (exact) mass is 411 g/mol. The highest BCUT2D eigenvalue weighted by molar-refractivity contribution is 7.71. The van der Waals surface area contributed by atoms with E-state index < -0.39 is 0 Å². The molecule has 3 N–H and O–H groups in total. The number of aryl methyl sites for hydroxylation is 1. The number of H-pyrrole nitrogens is 1. The zero-order valence-electron chi connectivity index (χ0n) is 16.1. The molecule has 9 heteroatoms. The number of carbonyl (C=O) groups is 2. The molecule has 0 aliphatic heterocycles. The highest BCUT2D eigenvalue weighted by Crippen LogP contribution is 2.19. The van der Waals surface area contributed by atoms with Crippen LogP contribution in [0.25, 0.3) is 11.4 Å². The van der Waals surface area contributed by atoms with E-state index >= 15 is 0 Å². The quantitative estimate of drug-likeness (QED) is 0.519. The van der Waals surface area contributed by atoms with Gasteiger partial charge in [-0.2, -0.15) is 5.10 Å². The van der Waals surface area contributed by atoms with Gasteiger partial charge in [0.05, 0.1) is 0 Å². The molecule has 0 aliphatic carbocycles. The van der Waals surface area contributed by atoms with E-state index in [2.05, 4.69) is 20.8 Å². The number of nitrogens with one attached hydrogen (secondary N) is 3. The molecule has 0 saturated heterocycles. The van der Waals surface area contributed by atoms with Gasteiger partial charge in [-0.25, -0.2) is 0 Å². The van der Waals surface area contributed by atoms with Crippen molar-refractivity contribution in [3.05, 3.63) is 58.9 Å². The average Bonchev–Trinajstić information content (AvgIpc) is 3.03. The smallest absolute Gasteiger partial charge is 0.250 e. The predicted octanol–water partition coefficient (Wildman–Crippen LogP) is 3.14. The van der Waals surface area contributed by atoms with Gasteiger partial charge in [-0.3, -0.25) is 19.3 Å². The Morgan fingerprint density at radius 2 is 1.76 bits per heavy atom. The Balaban J connectivity index is 1.72. The molecule has 1 aromatic heterocycles. The minimum absolute atomic E-state index is 0.00119. The van der Waals surface area contributed by atoms with Crippen molar-refractivity contribution in [2.45, 2.75) is 13.5 Å². The van der Waals surface area contributed by atoms with Gasteiger partial charge in [-0.15, -0.1) is 0 Å². The zero-order chi connectivity index (χ0) is 20.8. The number of aromatic amines is 1. The van der Waals surface area contributed by atoms with Crippen LogP contribution in [0, 0.1) is 11.7 Å². The summed E-state index contributed by atoms with van der Waals surface area (Å²) in [6.45, 7) is 1.95. The number of carbonyl (C=O) groups excluding carboxylic acids is 2. The van der Waals surface area contributed by atoms with Gasteiger partial charge >= 0.3 is 0 Å². The number of hydrogen-bond acceptors (Lipinski definition) is 5. The number of hydrogen-bond donors (Lipinski definition) is 3. The number of nitrogens with zero attached hydrogens (tertiary/aromatic N) is 2. The number of ether oxygens (including phenoxy) is 1. The Morgan fingerprint density at radius 1 is 1.10 bits per heavy atom. The Morgan fingerprint density at radius 3 is 2.41 bits per heavy atom. The van der Waals surface area contributed by atoms with Crippen LogP contribution >= 0.6 is 12.2 Å². The minimum atomic E-state index is -0.275. The standard InChI is InChI=1S/C20H21N5O3S/c1-13-6-8-14(9-7-13)19-23-24-20(29)25(19)11-17(26)21-15-4-3-5-16(10-15)22-18(27)12-28-2/h3-10H,11-12H2,1-2H3,(H,21,26)(H,22,27)(H,24,29). The van der Waals surface area contributed by atoms with Crippen LogP contribution in [0.1, 0.15) is 5.56 Å². The number of benzene rings is 2. The van der Waals surface area contributed by atoms with Gasteiger partial charge in [0.25, 0.3) is 0 Å². The van der Waals surface area contributed by atoms with Crippen LogP contribution in [-0.2, 0) is 20.9 Å². The summed E-state index contributed by atoms with van der Waals surface area (Å²) in [5.74, 6) is 0.0466. The fourth-order valence-electron chi connectivity index (χ4n) is 2.73. The topological polar surface area (TPSA) is 101 Å². The normalized spacial score (nSPS) is 10.6. The molecular formula is C20H21N5O3S. The molecule has 0 atom stereocenters. The summed E-state index contributed by atoms with van der Waals surface area (Å²) in [6, 6.07) is 14.7. The van der Waals surface area contributed by atoms with Crippen molar-refractivity contribution in [3.8, 4) is 11.4 Å². The maximum absolute atomic E-state index is 12.6. The molecule has 0 fully saturated rings. The summed E-state index contributed by atoms with van der Waals surface area (Å²) in [7, 11) is 1.45. The fraction of sp³-hybridized carbons (Fsp3) is 0.200. The molecule has 3 rings (SSSR count). The molecule has 0 aliphatic rings. The number of anilines is 2. The van der Waals surface area contributed by atoms with Crippen molar-refractivity contribution in [2.24, 2.45) is 0 Å². The van der Waals surface area contributed by atoms with Gasteiger partial charge < -0.3 is 15.4 Å². The van der Waals surface area contributed by atoms with E-state index in [1.165, 1.54) is 7.11 Å². The lowest BCUT2D eigenvalue weighted by Gasteiger charge is -2.10. The van der Waals surface area contributed by atoms with E-state index in [9.17, 15) is 9.59 Å². The Bertz CT molecular complexity index is 1070. The van der Waals surface area contributed by atoms with Crippen molar-refractivity contribution in [3.63, 3.8) is 0 Å². The first-order chi connectivity index (χ1) is 14.0. The molecule has 150 valence electrons. The number of rotatable bonds is 7. The second-order valence-corrected chi connectivity index (χ2v) is 6.80. The van der Waals surface area contributed by atoms with E-state index in [-0.39, 0.29) is 25.0 Å². The third-order valence-electron chi connectivity index (χ3n) is 4.08. The van der Waals surface area contributed by atoms with Crippen LogP contribution in [0.2, 0.25) is 0 Å². The molecule has 1 heterocycles. The van der Waals surface area contributed by atoms with Gasteiger partial charge in [0.15, 0.2) is 10.6 Å². The summed E-state index contributed by atoms with van der Waals surface area (Å²) in [6.07, 6.45) is 0. The maximum atomic E-state index is 12.6. The van der Waals surface area contributed by atoms with Crippen LogP contribution in [0.5, 0.6) is 0 Å². The zero-order valence-corrected chi connectivity index (χ0v) is 16.9. The van der Waals surface area contributed by atoms with E-state index in [0.29, 0.717) is 22.0 Å². The van der Waals surface area contributed by atoms with Crippen molar-refractivity contribution in [1.29, 1.82) is 0 Å². The molecule has 0 radical (unpaired) electrons. The molecule has 2 amide bonds. The number of aromatic nitrogens is 3. The summed E-state index contributed by atoms with van der Waals surface area (Å²) in [5.41, 5.74) is 3.10. The third kappa shape index (κ3) is 5.37. The van der Waals surface area contributed by atoms with Crippen molar-refractivity contribution in [1.82, 2.24) is 14.8 Å². The van der Waals surface area contributed by atoms with Crippen LogP contribution in [-0.4, -0.2) is 40.3 Å². The first-order valence-electron chi connectivity index (χ1n) is 8.87. The average molecular weight is 411 g/mol. The van der Waals surface area contributed by atoms with Gasteiger partial charge in [0.1, 0.15) is 13.2 Å². The van der Waals surface area contributed by atoms with Crippen molar-refractivity contribution in [2.75, 3.05) is 24.4 Å². The fourth-order valence-corrected chi connectivity index (χ4v) is 2.93. The first kappa shape index (κ1) is 20.4.